The van der Waals surface area contributed by atoms with Gasteiger partial charge in [0, 0.05) is 0 Å². The molecule has 4 nitrogen and oxygen atoms in total. The molecule has 118 valence electrons. The van der Waals surface area contributed by atoms with E-state index >= 15 is 0 Å². The van der Waals surface area contributed by atoms with E-state index in [-0.39, 0.29) is 18.8 Å². The van der Waals surface area contributed by atoms with Gasteiger partial charge in [0.05, 0.1) is 13.2 Å². The molecule has 21 heavy (non-hydrogen) atoms. The minimum Gasteiger partial charge on any atom is -0.462 e. The van der Waals surface area contributed by atoms with E-state index < -0.39 is 11.9 Å². The van der Waals surface area contributed by atoms with E-state index in [2.05, 4.69) is 19.9 Å². The van der Waals surface area contributed by atoms with Crippen LogP contribution in [0.3, 0.4) is 0 Å². The van der Waals surface area contributed by atoms with Crippen LogP contribution in [0.15, 0.2) is 34.9 Å². The molecule has 0 bridgehead atoms. The van der Waals surface area contributed by atoms with Crippen LogP contribution in [0.4, 0.5) is 0 Å². The number of allylic oxidation sites excluding steroid dienone is 5. The van der Waals surface area contributed by atoms with E-state index in [1.807, 2.05) is 6.92 Å². The predicted octanol–water partition coefficient (Wildman–Crippen LogP) is 3.73. The van der Waals surface area contributed by atoms with Crippen molar-refractivity contribution in [3.8, 4) is 0 Å². The van der Waals surface area contributed by atoms with Crippen molar-refractivity contribution in [1.82, 2.24) is 0 Å². The summed E-state index contributed by atoms with van der Waals surface area (Å²) < 4.78 is 9.74. The van der Waals surface area contributed by atoms with Gasteiger partial charge in [-0.2, -0.15) is 0 Å². The zero-order chi connectivity index (χ0) is 16.3. The molecule has 0 atom stereocenters. The fourth-order valence-electron chi connectivity index (χ4n) is 1.53. The molecule has 0 unspecified atom stereocenters. The van der Waals surface area contributed by atoms with Gasteiger partial charge >= 0.3 is 11.9 Å². The largest absolute Gasteiger partial charge is 0.462 e. The Labute approximate surface area is 127 Å². The van der Waals surface area contributed by atoms with Crippen LogP contribution in [0.25, 0.3) is 0 Å². The fraction of sp³-hybridized carbons (Fsp3) is 0.529. The van der Waals surface area contributed by atoms with Crippen LogP contribution in [0.5, 0.6) is 0 Å². The first-order valence-electron chi connectivity index (χ1n) is 7.27. The van der Waals surface area contributed by atoms with Crippen LogP contribution < -0.4 is 0 Å². The summed E-state index contributed by atoms with van der Waals surface area (Å²) in [6.45, 7) is 9.90. The van der Waals surface area contributed by atoms with Crippen LogP contribution in [0, 0.1) is 0 Å². The van der Waals surface area contributed by atoms with Crippen molar-refractivity contribution in [2.75, 3.05) is 13.2 Å². The first-order valence-corrected chi connectivity index (χ1v) is 7.27. The number of hydrogen-bond acceptors (Lipinski definition) is 4. The summed E-state index contributed by atoms with van der Waals surface area (Å²) in [5.41, 5.74) is 2.29. The Morgan fingerprint density at radius 1 is 0.905 bits per heavy atom. The molecule has 0 amide bonds. The molecular weight excluding hydrogens is 268 g/mol. The van der Waals surface area contributed by atoms with E-state index in [4.69, 9.17) is 9.47 Å². The lowest BCUT2D eigenvalue weighted by Crippen LogP contribution is -2.18. The second-order valence-corrected chi connectivity index (χ2v) is 4.85. The molecule has 0 saturated heterocycles. The molecule has 0 aromatic heterocycles. The van der Waals surface area contributed by atoms with E-state index in [1.165, 1.54) is 11.6 Å². The normalized spacial score (nSPS) is 10.6. The number of ether oxygens (including phenoxy) is 2. The molecule has 0 aliphatic rings. The maximum Gasteiger partial charge on any atom is 0.345 e. The standard InChI is InChI=1S/C17H26O4/c1-6-20-16(18)15(17(19)21-7-2)12-11-14(5)10-8-9-13(3)4/h9,11-12H,6-8,10H2,1-5H3/b14-11-. The molecule has 0 rings (SSSR count). The van der Waals surface area contributed by atoms with Gasteiger partial charge < -0.3 is 9.47 Å². The first-order chi connectivity index (χ1) is 9.92. The Hall–Kier alpha value is -1.84. The van der Waals surface area contributed by atoms with Gasteiger partial charge in [-0.25, -0.2) is 9.59 Å². The average molecular weight is 294 g/mol. The van der Waals surface area contributed by atoms with Crippen LogP contribution in [0.2, 0.25) is 0 Å². The monoisotopic (exact) mass is 294 g/mol. The number of carbonyl (C=O) groups excluding carboxylic acids is 2. The van der Waals surface area contributed by atoms with Crippen LogP contribution in [-0.2, 0) is 19.1 Å². The summed E-state index contributed by atoms with van der Waals surface area (Å²) in [7, 11) is 0. The van der Waals surface area contributed by atoms with Crippen molar-refractivity contribution in [2.24, 2.45) is 0 Å². The van der Waals surface area contributed by atoms with Crippen molar-refractivity contribution in [3.63, 3.8) is 0 Å². The Kier molecular flexibility index (Phi) is 9.94. The number of hydrogen-bond donors (Lipinski definition) is 0. The average Bonchev–Trinajstić information content (AvgIpc) is 2.39. The molecule has 0 N–H and O–H groups in total. The van der Waals surface area contributed by atoms with Crippen LogP contribution in [0.1, 0.15) is 47.5 Å². The van der Waals surface area contributed by atoms with E-state index in [0.29, 0.717) is 0 Å². The molecule has 0 heterocycles. The topological polar surface area (TPSA) is 52.6 Å². The Balaban J connectivity index is 4.93. The third kappa shape index (κ3) is 8.84. The van der Waals surface area contributed by atoms with Crippen molar-refractivity contribution in [1.29, 1.82) is 0 Å². The maximum atomic E-state index is 11.7. The van der Waals surface area contributed by atoms with E-state index in [1.54, 1.807) is 19.9 Å². The van der Waals surface area contributed by atoms with Gasteiger partial charge in [0.15, 0.2) is 0 Å². The van der Waals surface area contributed by atoms with Gasteiger partial charge in [-0.1, -0.05) is 23.3 Å². The van der Waals surface area contributed by atoms with E-state index in [0.717, 1.165) is 18.4 Å². The lowest BCUT2D eigenvalue weighted by Gasteiger charge is -2.05. The fourth-order valence-corrected chi connectivity index (χ4v) is 1.53. The molecule has 0 aliphatic heterocycles. The van der Waals surface area contributed by atoms with E-state index in [9.17, 15) is 9.59 Å². The summed E-state index contributed by atoms with van der Waals surface area (Å²) in [6, 6.07) is 0. The zero-order valence-electron chi connectivity index (χ0n) is 13.7. The van der Waals surface area contributed by atoms with Crippen molar-refractivity contribution in [3.05, 3.63) is 34.9 Å². The summed E-state index contributed by atoms with van der Waals surface area (Å²) in [6.07, 6.45) is 7.21. The Morgan fingerprint density at radius 2 is 1.43 bits per heavy atom. The van der Waals surface area contributed by atoms with Gasteiger partial charge in [0.25, 0.3) is 0 Å². The lowest BCUT2D eigenvalue weighted by molar-refractivity contribution is -0.146. The second-order valence-electron chi connectivity index (χ2n) is 4.85. The highest BCUT2D eigenvalue weighted by molar-refractivity contribution is 6.14. The number of carbonyl (C=O) groups is 2. The van der Waals surface area contributed by atoms with Crippen molar-refractivity contribution < 1.29 is 19.1 Å². The molecule has 0 spiro atoms. The molecule has 0 aliphatic carbocycles. The molecule has 0 saturated carbocycles. The van der Waals surface area contributed by atoms with Gasteiger partial charge in [-0.3, -0.25) is 0 Å². The summed E-state index contributed by atoms with van der Waals surface area (Å²) in [5, 5.41) is 0. The van der Waals surface area contributed by atoms with Crippen LogP contribution >= 0.6 is 0 Å². The van der Waals surface area contributed by atoms with Gasteiger partial charge in [-0.15, -0.1) is 0 Å². The van der Waals surface area contributed by atoms with Gasteiger partial charge in [-0.05, 0) is 53.5 Å². The highest BCUT2D eigenvalue weighted by atomic mass is 16.6. The molecule has 0 fully saturated rings. The highest BCUT2D eigenvalue weighted by Gasteiger charge is 2.19. The minimum atomic E-state index is -0.649. The summed E-state index contributed by atoms with van der Waals surface area (Å²) >= 11 is 0. The number of rotatable bonds is 8. The second kappa shape index (κ2) is 10.9. The summed E-state index contributed by atoms with van der Waals surface area (Å²) in [4.78, 5) is 23.5. The summed E-state index contributed by atoms with van der Waals surface area (Å²) in [5.74, 6) is -1.30. The minimum absolute atomic E-state index is 0.0692. The first kappa shape index (κ1) is 19.2. The predicted molar refractivity (Wildman–Crippen MR) is 83.8 cm³/mol. The van der Waals surface area contributed by atoms with Gasteiger partial charge in [0.1, 0.15) is 5.57 Å². The molecule has 0 aromatic rings. The zero-order valence-corrected chi connectivity index (χ0v) is 13.7. The van der Waals surface area contributed by atoms with Crippen molar-refractivity contribution >= 4 is 11.9 Å². The Morgan fingerprint density at radius 3 is 1.86 bits per heavy atom. The van der Waals surface area contributed by atoms with Gasteiger partial charge in [0.2, 0.25) is 0 Å². The number of esters is 2. The third-order valence-electron chi connectivity index (χ3n) is 2.62. The maximum absolute atomic E-state index is 11.7. The third-order valence-corrected chi connectivity index (χ3v) is 2.62. The molecular formula is C17H26O4. The molecule has 0 aromatic carbocycles. The molecule has 4 heteroatoms. The quantitative estimate of drug-likeness (QED) is 0.171. The molecule has 0 radical (unpaired) electrons. The van der Waals surface area contributed by atoms with Crippen LogP contribution in [-0.4, -0.2) is 25.2 Å². The van der Waals surface area contributed by atoms with Crippen molar-refractivity contribution in [2.45, 2.75) is 47.5 Å². The highest BCUT2D eigenvalue weighted by Crippen LogP contribution is 2.09. The SMILES string of the molecule is CCOC(=O)C(=C/C=C(/C)CCC=C(C)C)C(=O)OCC. The smallest absolute Gasteiger partial charge is 0.345 e. The lowest BCUT2D eigenvalue weighted by atomic mass is 10.1. The Bertz CT molecular complexity index is 418.